The van der Waals surface area contributed by atoms with Gasteiger partial charge in [-0.15, -0.1) is 13.0 Å². The van der Waals surface area contributed by atoms with Crippen molar-refractivity contribution in [1.29, 1.82) is 0 Å². The van der Waals surface area contributed by atoms with Crippen LogP contribution in [0.25, 0.3) is 0 Å². The van der Waals surface area contributed by atoms with Crippen molar-refractivity contribution < 1.29 is 14.3 Å². The summed E-state index contributed by atoms with van der Waals surface area (Å²) in [6, 6.07) is 7.02. The Hall–Kier alpha value is -2.54. The largest absolute Gasteiger partial charge is 0.467 e. The number of nitrogens with zero attached hydrogens (tertiary/aromatic N) is 1. The summed E-state index contributed by atoms with van der Waals surface area (Å²) in [5.41, 5.74) is -0.301. The Morgan fingerprint density at radius 1 is 1.55 bits per heavy atom. The number of ether oxygens (including phenoxy) is 1. The van der Waals surface area contributed by atoms with Crippen LogP contribution in [0.4, 0.5) is 5.69 Å². The normalized spacial score (nSPS) is 20.2. The molecule has 0 saturated carbocycles. The highest BCUT2D eigenvalue weighted by Gasteiger charge is 2.56. The van der Waals surface area contributed by atoms with Crippen LogP contribution in [0.15, 0.2) is 36.9 Å². The fourth-order valence-electron chi connectivity index (χ4n) is 2.63. The quantitative estimate of drug-likeness (QED) is 0.362. The molecule has 1 aliphatic heterocycles. The first-order valence-electron chi connectivity index (χ1n) is 6.17. The monoisotopic (exact) mass is 269 g/mol. The molecule has 1 aromatic carbocycles. The molecular weight excluding hydrogens is 254 g/mol. The average Bonchev–Trinajstić information content (AvgIpc) is 2.71. The van der Waals surface area contributed by atoms with Gasteiger partial charge in [-0.2, -0.15) is 0 Å². The van der Waals surface area contributed by atoms with Crippen LogP contribution in [0.2, 0.25) is 0 Å². The number of para-hydroxylation sites is 1. The van der Waals surface area contributed by atoms with Crippen LogP contribution in [0.3, 0.4) is 0 Å². The summed E-state index contributed by atoms with van der Waals surface area (Å²) >= 11 is 0. The maximum absolute atomic E-state index is 12.7. The fourth-order valence-corrected chi connectivity index (χ4v) is 2.63. The lowest BCUT2D eigenvalue weighted by Crippen LogP contribution is -2.57. The lowest BCUT2D eigenvalue weighted by molar-refractivity contribution is -0.144. The van der Waals surface area contributed by atoms with Gasteiger partial charge in [0.1, 0.15) is 0 Å². The summed E-state index contributed by atoms with van der Waals surface area (Å²) in [6.45, 7) is 3.78. The van der Waals surface area contributed by atoms with Crippen molar-refractivity contribution in [2.75, 3.05) is 18.6 Å². The van der Waals surface area contributed by atoms with E-state index in [9.17, 15) is 9.59 Å². The van der Waals surface area contributed by atoms with E-state index in [4.69, 9.17) is 11.2 Å². The number of fused-ring (bicyclic) bond motifs is 1. The van der Waals surface area contributed by atoms with E-state index in [1.807, 2.05) is 0 Å². The van der Waals surface area contributed by atoms with Gasteiger partial charge in [-0.05, 0) is 12.1 Å². The summed E-state index contributed by atoms with van der Waals surface area (Å²) in [4.78, 5) is 26.6. The number of carbonyl (C=O) groups is 2. The van der Waals surface area contributed by atoms with Crippen molar-refractivity contribution in [3.05, 3.63) is 42.5 Å². The molecule has 4 heteroatoms. The molecule has 0 amide bonds. The maximum Gasteiger partial charge on any atom is 0.340 e. The molecule has 20 heavy (non-hydrogen) atoms. The third-order valence-corrected chi connectivity index (χ3v) is 3.49. The van der Waals surface area contributed by atoms with E-state index < -0.39 is 11.5 Å². The highest BCUT2D eigenvalue weighted by atomic mass is 16.5. The van der Waals surface area contributed by atoms with Gasteiger partial charge in [-0.3, -0.25) is 4.79 Å². The Labute approximate surface area is 118 Å². The Morgan fingerprint density at radius 3 is 2.85 bits per heavy atom. The first-order valence-corrected chi connectivity index (χ1v) is 6.17. The van der Waals surface area contributed by atoms with Crippen molar-refractivity contribution in [3.63, 3.8) is 0 Å². The minimum Gasteiger partial charge on any atom is -0.467 e. The molecule has 0 N–H and O–H groups in total. The topological polar surface area (TPSA) is 46.6 Å². The number of hydrogen-bond acceptors (Lipinski definition) is 4. The zero-order valence-electron chi connectivity index (χ0n) is 11.3. The minimum atomic E-state index is -1.44. The summed E-state index contributed by atoms with van der Waals surface area (Å²) in [6.07, 6.45) is 7.07. The standard InChI is InChI=1S/C16H15NO3/c1-4-10-16(15(19)20-3)14(18)12-8-6-7-9-13(12)17(16)11-5-2/h2,4,6-9H,1,10-11H2,3H3. The Morgan fingerprint density at radius 2 is 2.25 bits per heavy atom. The lowest BCUT2D eigenvalue weighted by atomic mass is 9.89. The van der Waals surface area contributed by atoms with Crippen LogP contribution in [0, 0.1) is 12.3 Å². The molecule has 4 nitrogen and oxygen atoms in total. The number of rotatable bonds is 4. The zero-order valence-corrected chi connectivity index (χ0v) is 11.3. The molecule has 0 aromatic heterocycles. The Bertz CT molecular complexity index is 614. The summed E-state index contributed by atoms with van der Waals surface area (Å²) < 4.78 is 4.85. The smallest absolute Gasteiger partial charge is 0.340 e. The first-order chi connectivity index (χ1) is 9.63. The second-order valence-corrected chi connectivity index (χ2v) is 4.48. The van der Waals surface area contributed by atoms with Gasteiger partial charge in [0.05, 0.1) is 13.7 Å². The molecule has 102 valence electrons. The molecule has 1 atom stereocenters. The number of methoxy groups -OCH3 is 1. The van der Waals surface area contributed by atoms with Crippen LogP contribution < -0.4 is 4.90 Å². The molecule has 1 heterocycles. The number of esters is 1. The summed E-state index contributed by atoms with van der Waals surface area (Å²) in [7, 11) is 1.26. The third-order valence-electron chi connectivity index (χ3n) is 3.49. The summed E-state index contributed by atoms with van der Waals surface area (Å²) in [5, 5.41) is 0. The van der Waals surface area contributed by atoms with Crippen molar-refractivity contribution in [1.82, 2.24) is 0 Å². The van der Waals surface area contributed by atoms with Crippen LogP contribution in [0.1, 0.15) is 16.8 Å². The van der Waals surface area contributed by atoms with Gasteiger partial charge in [-0.1, -0.05) is 24.1 Å². The van der Waals surface area contributed by atoms with Gasteiger partial charge >= 0.3 is 5.97 Å². The first kappa shape index (κ1) is 13.9. The zero-order chi connectivity index (χ0) is 14.8. The Balaban J connectivity index is 2.67. The van der Waals surface area contributed by atoms with E-state index in [-0.39, 0.29) is 18.7 Å². The number of benzene rings is 1. The molecule has 0 spiro atoms. The van der Waals surface area contributed by atoms with Crippen LogP contribution in [-0.4, -0.2) is 30.9 Å². The molecule has 0 saturated heterocycles. The van der Waals surface area contributed by atoms with Crippen molar-refractivity contribution in [2.24, 2.45) is 0 Å². The lowest BCUT2D eigenvalue weighted by Gasteiger charge is -2.34. The molecule has 0 fully saturated rings. The number of hydrogen-bond donors (Lipinski definition) is 0. The highest BCUT2D eigenvalue weighted by Crippen LogP contribution is 2.41. The molecular formula is C16H15NO3. The third kappa shape index (κ3) is 1.71. The maximum atomic E-state index is 12.7. The minimum absolute atomic E-state index is 0.145. The van der Waals surface area contributed by atoms with Gasteiger partial charge in [0, 0.05) is 17.7 Å². The van der Waals surface area contributed by atoms with Crippen LogP contribution in [0.5, 0.6) is 0 Å². The SMILES string of the molecule is C#CCN1c2ccccc2C(=O)C1(CC=C)C(=O)OC. The van der Waals surface area contributed by atoms with Gasteiger partial charge in [0.25, 0.3) is 0 Å². The number of anilines is 1. The van der Waals surface area contributed by atoms with Crippen LogP contribution >= 0.6 is 0 Å². The second-order valence-electron chi connectivity index (χ2n) is 4.48. The molecule has 0 radical (unpaired) electrons. The number of Topliss-reactive ketones (excluding diaryl/α,β-unsaturated/α-hetero) is 1. The van der Waals surface area contributed by atoms with E-state index >= 15 is 0 Å². The predicted octanol–water partition coefficient (Wildman–Crippen LogP) is 1.81. The van der Waals surface area contributed by atoms with E-state index in [0.717, 1.165) is 0 Å². The molecule has 0 bridgehead atoms. The van der Waals surface area contributed by atoms with E-state index in [2.05, 4.69) is 12.5 Å². The number of carbonyl (C=O) groups excluding carboxylic acids is 2. The van der Waals surface area contributed by atoms with Crippen molar-refractivity contribution >= 4 is 17.4 Å². The fraction of sp³-hybridized carbons (Fsp3) is 0.250. The van der Waals surface area contributed by atoms with Crippen LogP contribution in [-0.2, 0) is 9.53 Å². The molecule has 1 aromatic rings. The van der Waals surface area contributed by atoms with E-state index in [1.54, 1.807) is 29.2 Å². The van der Waals surface area contributed by atoms with E-state index in [0.29, 0.717) is 11.3 Å². The second kappa shape index (κ2) is 5.22. The number of terminal acetylenes is 1. The van der Waals surface area contributed by atoms with Crippen molar-refractivity contribution in [3.8, 4) is 12.3 Å². The van der Waals surface area contributed by atoms with Gasteiger partial charge < -0.3 is 9.64 Å². The molecule has 2 rings (SSSR count). The Kier molecular flexibility index (Phi) is 3.62. The highest BCUT2D eigenvalue weighted by molar-refractivity contribution is 6.25. The van der Waals surface area contributed by atoms with Gasteiger partial charge in [-0.25, -0.2) is 4.79 Å². The molecule has 1 aliphatic rings. The molecule has 0 aliphatic carbocycles. The van der Waals surface area contributed by atoms with Gasteiger partial charge in [0.15, 0.2) is 0 Å². The predicted molar refractivity (Wildman–Crippen MR) is 76.5 cm³/mol. The van der Waals surface area contributed by atoms with Crippen molar-refractivity contribution in [2.45, 2.75) is 12.0 Å². The van der Waals surface area contributed by atoms with Gasteiger partial charge in [0.2, 0.25) is 11.3 Å². The summed E-state index contributed by atoms with van der Waals surface area (Å²) in [5.74, 6) is 1.58. The number of ketones is 1. The average molecular weight is 269 g/mol. The molecule has 1 unspecified atom stereocenters. The van der Waals surface area contributed by atoms with E-state index in [1.165, 1.54) is 13.2 Å².